The number of carbonyl (C=O) groups excluding carboxylic acids is 1. The lowest BCUT2D eigenvalue weighted by Crippen LogP contribution is -2.51. The van der Waals surface area contributed by atoms with E-state index in [1.807, 2.05) is 6.92 Å². The van der Waals surface area contributed by atoms with Crippen LogP contribution in [0.25, 0.3) is 0 Å². The number of hydrogen-bond donors (Lipinski definition) is 2. The summed E-state index contributed by atoms with van der Waals surface area (Å²) in [6.45, 7) is 8.00. The van der Waals surface area contributed by atoms with Crippen molar-refractivity contribution in [3.63, 3.8) is 0 Å². The summed E-state index contributed by atoms with van der Waals surface area (Å²) in [6, 6.07) is 0. The highest BCUT2D eigenvalue weighted by molar-refractivity contribution is 5.85. The van der Waals surface area contributed by atoms with Crippen LogP contribution in [0.2, 0.25) is 0 Å². The molecule has 1 amide bonds. The predicted molar refractivity (Wildman–Crippen MR) is 66.2 cm³/mol. The molecule has 0 bridgehead atoms. The molecule has 4 heteroatoms. The highest BCUT2D eigenvalue weighted by Crippen LogP contribution is 2.07. The topological polar surface area (TPSA) is 64.3 Å². The predicted octanol–water partition coefficient (Wildman–Crippen LogP) is 1.44. The Morgan fingerprint density at radius 1 is 1.31 bits per heavy atom. The number of nitrogens with one attached hydrogen (secondary N) is 1. The van der Waals surface area contributed by atoms with Crippen LogP contribution < -0.4 is 11.1 Å². The fourth-order valence-electron chi connectivity index (χ4n) is 1.46. The fraction of sp³-hybridized carbons (Fsp3) is 0.917. The molecule has 0 heterocycles. The lowest BCUT2D eigenvalue weighted by Gasteiger charge is -2.22. The molecule has 0 aliphatic heterocycles. The minimum Gasteiger partial charge on any atom is -0.381 e. The Morgan fingerprint density at radius 3 is 2.56 bits per heavy atom. The van der Waals surface area contributed by atoms with Gasteiger partial charge in [0.1, 0.15) is 0 Å². The highest BCUT2D eigenvalue weighted by Gasteiger charge is 2.26. The first-order chi connectivity index (χ1) is 7.54. The van der Waals surface area contributed by atoms with Crippen molar-refractivity contribution in [3.05, 3.63) is 0 Å². The maximum atomic E-state index is 11.7. The van der Waals surface area contributed by atoms with Gasteiger partial charge in [0.25, 0.3) is 0 Å². The van der Waals surface area contributed by atoms with Gasteiger partial charge in [-0.3, -0.25) is 4.79 Å². The van der Waals surface area contributed by atoms with E-state index in [1.54, 1.807) is 6.92 Å². The summed E-state index contributed by atoms with van der Waals surface area (Å²) in [7, 11) is 0. The average Bonchev–Trinajstić information content (AvgIpc) is 2.22. The van der Waals surface area contributed by atoms with Gasteiger partial charge in [-0.15, -0.1) is 0 Å². The first kappa shape index (κ1) is 15.4. The molecule has 96 valence electrons. The first-order valence-electron chi connectivity index (χ1n) is 6.19. The summed E-state index contributed by atoms with van der Waals surface area (Å²) in [6.07, 6.45) is 3.50. The summed E-state index contributed by atoms with van der Waals surface area (Å²) in [5, 5.41) is 2.84. The van der Waals surface area contributed by atoms with Gasteiger partial charge < -0.3 is 15.8 Å². The monoisotopic (exact) mass is 230 g/mol. The molecule has 1 atom stereocenters. The van der Waals surface area contributed by atoms with Crippen LogP contribution in [0.5, 0.6) is 0 Å². The van der Waals surface area contributed by atoms with Crippen LogP contribution in [0.4, 0.5) is 0 Å². The van der Waals surface area contributed by atoms with Gasteiger partial charge in [-0.05, 0) is 26.2 Å². The Bertz CT molecular complexity index is 193. The molecule has 1 unspecified atom stereocenters. The minimum atomic E-state index is -0.737. The van der Waals surface area contributed by atoms with Gasteiger partial charge in [-0.2, -0.15) is 0 Å². The Morgan fingerprint density at radius 2 is 2.00 bits per heavy atom. The van der Waals surface area contributed by atoms with Crippen molar-refractivity contribution in [3.8, 4) is 0 Å². The average molecular weight is 230 g/mol. The molecule has 0 aromatic carbocycles. The van der Waals surface area contributed by atoms with Crippen LogP contribution in [0.15, 0.2) is 0 Å². The lowest BCUT2D eigenvalue weighted by atomic mass is 9.96. The van der Waals surface area contributed by atoms with E-state index < -0.39 is 5.54 Å². The SMILES string of the molecule is CCCOCCCNC(=O)C(C)(N)CCC. The molecule has 0 aliphatic carbocycles. The van der Waals surface area contributed by atoms with E-state index in [0.717, 1.165) is 25.9 Å². The quantitative estimate of drug-likeness (QED) is 0.589. The van der Waals surface area contributed by atoms with Crippen LogP contribution in [0.1, 0.15) is 46.5 Å². The van der Waals surface area contributed by atoms with Crippen LogP contribution in [-0.4, -0.2) is 31.2 Å². The molecule has 0 radical (unpaired) electrons. The molecule has 0 aliphatic rings. The third-order valence-electron chi connectivity index (χ3n) is 2.39. The van der Waals surface area contributed by atoms with E-state index in [9.17, 15) is 4.79 Å². The molecular weight excluding hydrogens is 204 g/mol. The number of rotatable bonds is 9. The number of hydrogen-bond acceptors (Lipinski definition) is 3. The zero-order valence-electron chi connectivity index (χ0n) is 10.8. The number of ether oxygens (including phenoxy) is 1. The third kappa shape index (κ3) is 6.80. The van der Waals surface area contributed by atoms with Crippen molar-refractivity contribution < 1.29 is 9.53 Å². The Balaban J connectivity index is 3.57. The molecule has 0 fully saturated rings. The highest BCUT2D eigenvalue weighted by atomic mass is 16.5. The maximum Gasteiger partial charge on any atom is 0.239 e. The van der Waals surface area contributed by atoms with Gasteiger partial charge in [0.05, 0.1) is 5.54 Å². The van der Waals surface area contributed by atoms with Crippen molar-refractivity contribution in [2.45, 2.75) is 52.0 Å². The van der Waals surface area contributed by atoms with Gasteiger partial charge >= 0.3 is 0 Å². The second-order valence-corrected chi connectivity index (χ2v) is 4.39. The van der Waals surface area contributed by atoms with Gasteiger partial charge in [-0.25, -0.2) is 0 Å². The standard InChI is InChI=1S/C12H26N2O2/c1-4-7-12(3,13)11(15)14-8-6-10-16-9-5-2/h4-10,13H2,1-3H3,(H,14,15). The molecule has 0 aromatic heterocycles. The van der Waals surface area contributed by atoms with Gasteiger partial charge in [0.15, 0.2) is 0 Å². The van der Waals surface area contributed by atoms with Crippen molar-refractivity contribution in [1.29, 1.82) is 0 Å². The normalized spacial score (nSPS) is 14.5. The molecule has 0 aromatic rings. The summed E-state index contributed by atoms with van der Waals surface area (Å²) in [4.78, 5) is 11.7. The van der Waals surface area contributed by atoms with E-state index in [0.29, 0.717) is 19.6 Å². The van der Waals surface area contributed by atoms with Crippen LogP contribution >= 0.6 is 0 Å². The van der Waals surface area contributed by atoms with Crippen molar-refractivity contribution >= 4 is 5.91 Å². The largest absolute Gasteiger partial charge is 0.381 e. The third-order valence-corrected chi connectivity index (χ3v) is 2.39. The Labute approximate surface area is 98.9 Å². The van der Waals surface area contributed by atoms with Crippen LogP contribution in [0.3, 0.4) is 0 Å². The smallest absolute Gasteiger partial charge is 0.239 e. The maximum absolute atomic E-state index is 11.7. The van der Waals surface area contributed by atoms with Gasteiger partial charge in [0.2, 0.25) is 5.91 Å². The van der Waals surface area contributed by atoms with Crippen molar-refractivity contribution in [2.24, 2.45) is 5.73 Å². The van der Waals surface area contributed by atoms with Crippen LogP contribution in [-0.2, 0) is 9.53 Å². The molecule has 0 rings (SSSR count). The summed E-state index contributed by atoms with van der Waals surface area (Å²) in [5.74, 6) is -0.0650. The minimum absolute atomic E-state index is 0.0650. The first-order valence-corrected chi connectivity index (χ1v) is 6.19. The second-order valence-electron chi connectivity index (χ2n) is 4.39. The van der Waals surface area contributed by atoms with E-state index in [4.69, 9.17) is 10.5 Å². The van der Waals surface area contributed by atoms with Crippen LogP contribution in [0, 0.1) is 0 Å². The van der Waals surface area contributed by atoms with Gasteiger partial charge in [-0.1, -0.05) is 20.3 Å². The Hall–Kier alpha value is -0.610. The fourth-order valence-corrected chi connectivity index (χ4v) is 1.46. The number of nitrogens with two attached hydrogens (primary N) is 1. The number of amides is 1. The summed E-state index contributed by atoms with van der Waals surface area (Å²) < 4.78 is 5.32. The van der Waals surface area contributed by atoms with Crippen molar-refractivity contribution in [2.75, 3.05) is 19.8 Å². The van der Waals surface area contributed by atoms with E-state index in [2.05, 4.69) is 12.2 Å². The second kappa shape index (κ2) is 8.53. The Kier molecular flexibility index (Phi) is 8.21. The molecule has 4 nitrogen and oxygen atoms in total. The molecule has 0 spiro atoms. The summed E-state index contributed by atoms with van der Waals surface area (Å²) in [5.41, 5.74) is 5.15. The zero-order valence-corrected chi connectivity index (χ0v) is 10.8. The molecule has 0 saturated carbocycles. The zero-order chi connectivity index (χ0) is 12.4. The van der Waals surface area contributed by atoms with E-state index in [1.165, 1.54) is 0 Å². The van der Waals surface area contributed by atoms with Crippen molar-refractivity contribution in [1.82, 2.24) is 5.32 Å². The molecule has 3 N–H and O–H groups in total. The summed E-state index contributed by atoms with van der Waals surface area (Å²) >= 11 is 0. The number of carbonyl (C=O) groups is 1. The molecule has 16 heavy (non-hydrogen) atoms. The van der Waals surface area contributed by atoms with E-state index >= 15 is 0 Å². The molecule has 0 saturated heterocycles. The molecular formula is C12H26N2O2. The van der Waals surface area contributed by atoms with Gasteiger partial charge in [0, 0.05) is 19.8 Å². The van der Waals surface area contributed by atoms with E-state index in [-0.39, 0.29) is 5.91 Å². The lowest BCUT2D eigenvalue weighted by molar-refractivity contribution is -0.126.